The summed E-state index contributed by atoms with van der Waals surface area (Å²) in [5, 5.41) is 0. The van der Waals surface area contributed by atoms with E-state index >= 15 is 0 Å². The molecule has 2 aromatic rings. The summed E-state index contributed by atoms with van der Waals surface area (Å²) < 4.78 is 4.43. The predicted molar refractivity (Wildman–Crippen MR) is 92.3 cm³/mol. The molecular weight excluding hydrogens is 302 g/mol. The van der Waals surface area contributed by atoms with Gasteiger partial charge >= 0.3 is 0 Å². The average Bonchev–Trinajstić information content (AvgIpc) is 3.15. The predicted octanol–water partition coefficient (Wildman–Crippen LogP) is 0.380. The van der Waals surface area contributed by atoms with E-state index in [1.807, 2.05) is 12.4 Å². The van der Waals surface area contributed by atoms with Crippen LogP contribution < -0.4 is 0 Å². The quantitative estimate of drug-likeness (QED) is 0.811. The van der Waals surface area contributed by atoms with Crippen molar-refractivity contribution < 1.29 is 0 Å². The SMILES string of the molecule is CN1CCN(Cc2cn3c(n2)CN(Cc2nccn2C)CC3)CC1. The van der Waals surface area contributed by atoms with E-state index in [1.54, 1.807) is 0 Å². The van der Waals surface area contributed by atoms with Crippen molar-refractivity contribution in [2.24, 2.45) is 7.05 Å². The highest BCUT2D eigenvalue weighted by Gasteiger charge is 2.21. The van der Waals surface area contributed by atoms with Gasteiger partial charge < -0.3 is 14.0 Å². The van der Waals surface area contributed by atoms with E-state index in [2.05, 4.69) is 49.1 Å². The normalized spacial score (nSPS) is 20.4. The summed E-state index contributed by atoms with van der Waals surface area (Å²) in [4.78, 5) is 16.7. The van der Waals surface area contributed by atoms with Crippen LogP contribution in [-0.4, -0.2) is 73.6 Å². The summed E-state index contributed by atoms with van der Waals surface area (Å²) >= 11 is 0. The van der Waals surface area contributed by atoms with Gasteiger partial charge in [0.15, 0.2) is 0 Å². The van der Waals surface area contributed by atoms with E-state index < -0.39 is 0 Å². The van der Waals surface area contributed by atoms with Gasteiger partial charge in [-0.3, -0.25) is 9.80 Å². The summed E-state index contributed by atoms with van der Waals surface area (Å²) in [6.45, 7) is 9.47. The number of piperazine rings is 1. The first-order chi connectivity index (χ1) is 11.7. The number of nitrogens with zero attached hydrogens (tertiary/aromatic N) is 7. The zero-order chi connectivity index (χ0) is 16.5. The third kappa shape index (κ3) is 3.38. The van der Waals surface area contributed by atoms with Crippen LogP contribution in [0.15, 0.2) is 18.6 Å². The highest BCUT2D eigenvalue weighted by molar-refractivity contribution is 5.07. The first kappa shape index (κ1) is 15.8. The van der Waals surface area contributed by atoms with Crippen molar-refractivity contribution in [3.63, 3.8) is 0 Å². The minimum Gasteiger partial charge on any atom is -0.337 e. The molecule has 2 aliphatic rings. The third-order valence-corrected chi connectivity index (χ3v) is 5.20. The number of aryl methyl sites for hydroxylation is 1. The molecule has 130 valence electrons. The lowest BCUT2D eigenvalue weighted by Crippen LogP contribution is -2.43. The Balaban J connectivity index is 1.38. The van der Waals surface area contributed by atoms with Crippen LogP contribution in [0.4, 0.5) is 0 Å². The maximum atomic E-state index is 4.90. The molecule has 0 aliphatic carbocycles. The Bertz CT molecular complexity index is 681. The zero-order valence-corrected chi connectivity index (χ0v) is 14.7. The molecular formula is C17H27N7. The smallest absolute Gasteiger partial charge is 0.123 e. The highest BCUT2D eigenvalue weighted by atomic mass is 15.3. The Labute approximate surface area is 143 Å². The van der Waals surface area contributed by atoms with Gasteiger partial charge in [-0.15, -0.1) is 0 Å². The van der Waals surface area contributed by atoms with Crippen LogP contribution in [0.2, 0.25) is 0 Å². The van der Waals surface area contributed by atoms with Gasteiger partial charge in [0.05, 0.1) is 18.8 Å². The van der Waals surface area contributed by atoms with Crippen LogP contribution in [0.3, 0.4) is 0 Å². The maximum absolute atomic E-state index is 4.90. The van der Waals surface area contributed by atoms with Crippen molar-refractivity contribution in [1.29, 1.82) is 0 Å². The lowest BCUT2D eigenvalue weighted by atomic mass is 10.3. The lowest BCUT2D eigenvalue weighted by molar-refractivity contribution is 0.147. The molecule has 2 aromatic heterocycles. The zero-order valence-electron chi connectivity index (χ0n) is 14.7. The summed E-state index contributed by atoms with van der Waals surface area (Å²) in [6, 6.07) is 0. The van der Waals surface area contributed by atoms with E-state index in [9.17, 15) is 0 Å². The van der Waals surface area contributed by atoms with Crippen molar-refractivity contribution in [2.75, 3.05) is 39.8 Å². The van der Waals surface area contributed by atoms with Crippen molar-refractivity contribution >= 4 is 0 Å². The van der Waals surface area contributed by atoms with E-state index in [0.717, 1.165) is 64.7 Å². The molecule has 0 unspecified atom stereocenters. The second-order valence-corrected chi connectivity index (χ2v) is 7.09. The van der Waals surface area contributed by atoms with Gasteiger partial charge in [-0.2, -0.15) is 0 Å². The molecule has 7 nitrogen and oxygen atoms in total. The topological polar surface area (TPSA) is 45.4 Å². The molecule has 1 fully saturated rings. The molecule has 0 aromatic carbocycles. The number of aromatic nitrogens is 4. The van der Waals surface area contributed by atoms with Gasteiger partial charge in [-0.25, -0.2) is 9.97 Å². The van der Waals surface area contributed by atoms with E-state index in [1.165, 1.54) is 11.5 Å². The standard InChI is InChI=1S/C17H27N7/c1-20-5-7-22(8-6-20)11-15-12-24-10-9-23(14-17(24)19-15)13-16-18-3-4-21(16)2/h3-4,12H,5-11,13-14H2,1-2H3. The first-order valence-corrected chi connectivity index (χ1v) is 8.82. The maximum Gasteiger partial charge on any atom is 0.123 e. The van der Waals surface area contributed by atoms with Crippen molar-refractivity contribution in [2.45, 2.75) is 26.2 Å². The number of imidazole rings is 2. The van der Waals surface area contributed by atoms with Gasteiger partial charge in [-0.1, -0.05) is 0 Å². The fraction of sp³-hybridized carbons (Fsp3) is 0.647. The fourth-order valence-electron chi connectivity index (χ4n) is 3.56. The fourth-order valence-corrected chi connectivity index (χ4v) is 3.56. The van der Waals surface area contributed by atoms with Gasteiger partial charge in [0, 0.05) is 71.5 Å². The molecule has 2 aliphatic heterocycles. The lowest BCUT2D eigenvalue weighted by Gasteiger charge is -2.31. The summed E-state index contributed by atoms with van der Waals surface area (Å²) in [7, 11) is 4.25. The molecule has 0 atom stereocenters. The van der Waals surface area contributed by atoms with Gasteiger partial charge in [0.25, 0.3) is 0 Å². The molecule has 4 rings (SSSR count). The molecule has 24 heavy (non-hydrogen) atoms. The van der Waals surface area contributed by atoms with Crippen molar-refractivity contribution in [3.8, 4) is 0 Å². The molecule has 0 bridgehead atoms. The van der Waals surface area contributed by atoms with Crippen molar-refractivity contribution in [1.82, 2.24) is 33.8 Å². The average molecular weight is 329 g/mol. The second kappa shape index (κ2) is 6.66. The Kier molecular flexibility index (Phi) is 4.39. The highest BCUT2D eigenvalue weighted by Crippen LogP contribution is 2.16. The molecule has 1 saturated heterocycles. The Hall–Kier alpha value is -1.70. The summed E-state index contributed by atoms with van der Waals surface area (Å²) in [5.74, 6) is 2.31. The van der Waals surface area contributed by atoms with E-state index in [0.29, 0.717) is 0 Å². The minimum absolute atomic E-state index is 0.893. The second-order valence-electron chi connectivity index (χ2n) is 7.09. The summed E-state index contributed by atoms with van der Waals surface area (Å²) in [6.07, 6.45) is 6.13. The Morgan fingerprint density at radius 3 is 2.50 bits per heavy atom. The van der Waals surface area contributed by atoms with Gasteiger partial charge in [0.2, 0.25) is 0 Å². The number of hydrogen-bond acceptors (Lipinski definition) is 5. The van der Waals surface area contributed by atoms with Crippen LogP contribution in [0.25, 0.3) is 0 Å². The van der Waals surface area contributed by atoms with Crippen LogP contribution >= 0.6 is 0 Å². The van der Waals surface area contributed by atoms with Crippen molar-refractivity contribution in [3.05, 3.63) is 35.9 Å². The molecule has 0 spiro atoms. The van der Waals surface area contributed by atoms with Crippen LogP contribution in [0.5, 0.6) is 0 Å². The molecule has 7 heteroatoms. The van der Waals surface area contributed by atoms with E-state index in [4.69, 9.17) is 4.98 Å². The van der Waals surface area contributed by atoms with Crippen LogP contribution in [0, 0.1) is 0 Å². The monoisotopic (exact) mass is 329 g/mol. The molecule has 0 N–H and O–H groups in total. The molecule has 0 saturated carbocycles. The number of likely N-dealkylation sites (N-methyl/N-ethyl adjacent to an activating group) is 1. The van der Waals surface area contributed by atoms with Crippen LogP contribution in [0.1, 0.15) is 17.3 Å². The first-order valence-electron chi connectivity index (χ1n) is 8.82. The Morgan fingerprint density at radius 2 is 1.75 bits per heavy atom. The summed E-state index contributed by atoms with van der Waals surface area (Å²) in [5.41, 5.74) is 1.22. The van der Waals surface area contributed by atoms with Crippen LogP contribution in [-0.2, 0) is 33.2 Å². The van der Waals surface area contributed by atoms with Gasteiger partial charge in [-0.05, 0) is 7.05 Å². The number of fused-ring (bicyclic) bond motifs is 1. The van der Waals surface area contributed by atoms with Gasteiger partial charge in [0.1, 0.15) is 11.6 Å². The number of hydrogen-bond donors (Lipinski definition) is 0. The molecule has 0 radical (unpaired) electrons. The molecule has 4 heterocycles. The largest absolute Gasteiger partial charge is 0.337 e. The van der Waals surface area contributed by atoms with E-state index in [-0.39, 0.29) is 0 Å². The minimum atomic E-state index is 0.893. The molecule has 0 amide bonds. The number of rotatable bonds is 4. The third-order valence-electron chi connectivity index (χ3n) is 5.20. The Morgan fingerprint density at radius 1 is 0.958 bits per heavy atom.